The Morgan fingerprint density at radius 2 is 1.86 bits per heavy atom. The first-order valence-electron chi connectivity index (χ1n) is 7.17. The van der Waals surface area contributed by atoms with Gasteiger partial charge in [0, 0.05) is 25.3 Å². The van der Waals surface area contributed by atoms with Crippen molar-refractivity contribution in [3.05, 3.63) is 65.2 Å². The van der Waals surface area contributed by atoms with E-state index in [9.17, 15) is 8.78 Å². The maximum atomic E-state index is 13.5. The lowest BCUT2D eigenvalue weighted by molar-refractivity contribution is 0.504. The van der Waals surface area contributed by atoms with Crippen molar-refractivity contribution in [3.8, 4) is 0 Å². The van der Waals surface area contributed by atoms with Crippen LogP contribution in [0.3, 0.4) is 0 Å². The summed E-state index contributed by atoms with van der Waals surface area (Å²) < 4.78 is 26.6. The molecule has 0 fully saturated rings. The Kier molecular flexibility index (Phi) is 5.37. The van der Waals surface area contributed by atoms with Crippen LogP contribution in [0, 0.1) is 11.6 Å². The molecular formula is C17H19ClF2N2. The molecule has 1 atom stereocenters. The second kappa shape index (κ2) is 7.07. The number of nitrogens with one attached hydrogen (secondary N) is 1. The van der Waals surface area contributed by atoms with Gasteiger partial charge in [0.2, 0.25) is 0 Å². The Hall–Kier alpha value is -1.65. The van der Waals surface area contributed by atoms with E-state index in [0.717, 1.165) is 30.9 Å². The molecular weight excluding hydrogens is 306 g/mol. The maximum absolute atomic E-state index is 13.5. The number of para-hydroxylation sites is 1. The van der Waals surface area contributed by atoms with E-state index in [2.05, 4.69) is 22.3 Å². The molecule has 1 unspecified atom stereocenters. The third-order valence-corrected chi connectivity index (χ3v) is 4.04. The highest BCUT2D eigenvalue weighted by Gasteiger charge is 2.21. The van der Waals surface area contributed by atoms with Gasteiger partial charge in [0.1, 0.15) is 0 Å². The van der Waals surface area contributed by atoms with Gasteiger partial charge >= 0.3 is 0 Å². The summed E-state index contributed by atoms with van der Waals surface area (Å²) in [6.07, 6.45) is 0. The number of benzene rings is 2. The average Bonchev–Trinajstić information content (AvgIpc) is 2.71. The van der Waals surface area contributed by atoms with Crippen LogP contribution in [0.5, 0.6) is 0 Å². The monoisotopic (exact) mass is 324 g/mol. The summed E-state index contributed by atoms with van der Waals surface area (Å²) >= 11 is 0. The summed E-state index contributed by atoms with van der Waals surface area (Å²) in [6.45, 7) is 4.55. The van der Waals surface area contributed by atoms with Gasteiger partial charge in [-0.15, -0.1) is 12.4 Å². The topological polar surface area (TPSA) is 15.3 Å². The van der Waals surface area contributed by atoms with Crippen LogP contribution >= 0.6 is 12.4 Å². The first-order chi connectivity index (χ1) is 10.2. The minimum atomic E-state index is -0.802. The zero-order chi connectivity index (χ0) is 14.8. The molecule has 2 nitrogen and oxygen atoms in total. The zero-order valence-corrected chi connectivity index (χ0v) is 13.2. The van der Waals surface area contributed by atoms with E-state index in [-0.39, 0.29) is 18.4 Å². The molecule has 1 heterocycles. The van der Waals surface area contributed by atoms with Crippen molar-refractivity contribution in [2.45, 2.75) is 19.5 Å². The van der Waals surface area contributed by atoms with E-state index >= 15 is 0 Å². The molecule has 0 amide bonds. The Bertz CT molecular complexity index is 648. The minimum absolute atomic E-state index is 0. The SMILES string of the molecule is CC(c1ccc(F)c(F)c1)N1CCNCc2ccccc21.Cl. The van der Waals surface area contributed by atoms with Crippen LogP contribution in [0.1, 0.15) is 24.1 Å². The summed E-state index contributed by atoms with van der Waals surface area (Å²) in [5, 5.41) is 3.38. The molecule has 2 aromatic rings. The summed E-state index contributed by atoms with van der Waals surface area (Å²) in [7, 11) is 0. The van der Waals surface area contributed by atoms with Crippen molar-refractivity contribution in [1.82, 2.24) is 5.32 Å². The molecule has 5 heteroatoms. The first kappa shape index (κ1) is 16.7. The molecule has 2 aromatic carbocycles. The summed E-state index contributed by atoms with van der Waals surface area (Å²) in [5.41, 5.74) is 3.16. The fraction of sp³-hybridized carbons (Fsp3) is 0.294. The summed E-state index contributed by atoms with van der Waals surface area (Å²) in [5.74, 6) is -1.59. The Morgan fingerprint density at radius 3 is 2.64 bits per heavy atom. The van der Waals surface area contributed by atoms with Crippen LogP contribution in [-0.2, 0) is 6.54 Å². The minimum Gasteiger partial charge on any atom is -0.363 e. The lowest BCUT2D eigenvalue weighted by Crippen LogP contribution is -2.31. The largest absolute Gasteiger partial charge is 0.363 e. The smallest absolute Gasteiger partial charge is 0.159 e. The maximum Gasteiger partial charge on any atom is 0.159 e. The molecule has 0 bridgehead atoms. The molecule has 0 aromatic heterocycles. The highest BCUT2D eigenvalue weighted by molar-refractivity contribution is 5.85. The lowest BCUT2D eigenvalue weighted by atomic mass is 10.0. The number of hydrogen-bond donors (Lipinski definition) is 1. The number of rotatable bonds is 2. The molecule has 3 rings (SSSR count). The predicted molar refractivity (Wildman–Crippen MR) is 87.5 cm³/mol. The fourth-order valence-electron chi connectivity index (χ4n) is 2.84. The van der Waals surface area contributed by atoms with Crippen molar-refractivity contribution in [2.75, 3.05) is 18.0 Å². The van der Waals surface area contributed by atoms with Gasteiger partial charge in [-0.3, -0.25) is 0 Å². The Labute approximate surface area is 135 Å². The average molecular weight is 325 g/mol. The number of fused-ring (bicyclic) bond motifs is 1. The quantitative estimate of drug-likeness (QED) is 0.896. The molecule has 0 saturated heterocycles. The highest BCUT2D eigenvalue weighted by atomic mass is 35.5. The predicted octanol–water partition coefficient (Wildman–Crippen LogP) is 4.06. The van der Waals surface area contributed by atoms with Crippen LogP contribution in [0.15, 0.2) is 42.5 Å². The Balaban J connectivity index is 0.00000176. The fourth-order valence-corrected chi connectivity index (χ4v) is 2.84. The van der Waals surface area contributed by atoms with Gasteiger partial charge in [-0.2, -0.15) is 0 Å². The van der Waals surface area contributed by atoms with E-state index in [1.54, 1.807) is 6.07 Å². The van der Waals surface area contributed by atoms with Crippen LogP contribution in [0.25, 0.3) is 0 Å². The van der Waals surface area contributed by atoms with Gasteiger partial charge in [-0.05, 0) is 36.2 Å². The molecule has 0 spiro atoms. The molecule has 118 valence electrons. The zero-order valence-electron chi connectivity index (χ0n) is 12.4. The van der Waals surface area contributed by atoms with E-state index < -0.39 is 11.6 Å². The van der Waals surface area contributed by atoms with Crippen LogP contribution in [-0.4, -0.2) is 13.1 Å². The van der Waals surface area contributed by atoms with Gasteiger partial charge < -0.3 is 10.2 Å². The van der Waals surface area contributed by atoms with Crippen molar-refractivity contribution >= 4 is 18.1 Å². The van der Waals surface area contributed by atoms with Gasteiger partial charge in [-0.1, -0.05) is 24.3 Å². The van der Waals surface area contributed by atoms with Gasteiger partial charge in [0.15, 0.2) is 11.6 Å². The molecule has 22 heavy (non-hydrogen) atoms. The molecule has 0 radical (unpaired) electrons. The number of halogens is 3. The van der Waals surface area contributed by atoms with Gasteiger partial charge in [-0.25, -0.2) is 8.78 Å². The number of hydrogen-bond acceptors (Lipinski definition) is 2. The third kappa shape index (κ3) is 3.23. The molecule has 1 aliphatic rings. The normalized spacial score (nSPS) is 15.5. The van der Waals surface area contributed by atoms with Crippen LogP contribution in [0.4, 0.5) is 14.5 Å². The lowest BCUT2D eigenvalue weighted by Gasteiger charge is -2.31. The second-order valence-corrected chi connectivity index (χ2v) is 5.35. The molecule has 0 aliphatic carbocycles. The summed E-state index contributed by atoms with van der Waals surface area (Å²) in [6, 6.07) is 12.3. The van der Waals surface area contributed by atoms with E-state index in [1.807, 2.05) is 19.1 Å². The number of anilines is 1. The van der Waals surface area contributed by atoms with E-state index in [1.165, 1.54) is 17.7 Å². The van der Waals surface area contributed by atoms with Crippen molar-refractivity contribution in [3.63, 3.8) is 0 Å². The van der Waals surface area contributed by atoms with Crippen LogP contribution in [0.2, 0.25) is 0 Å². The Morgan fingerprint density at radius 1 is 1.09 bits per heavy atom. The standard InChI is InChI=1S/C17H18F2N2.ClH/c1-12(13-6-7-15(18)16(19)10-13)21-9-8-20-11-14-4-2-3-5-17(14)21;/h2-7,10,12,20H,8-9,11H2,1H3;1H. The van der Waals surface area contributed by atoms with E-state index in [4.69, 9.17) is 0 Å². The number of nitrogens with zero attached hydrogens (tertiary/aromatic N) is 1. The molecule has 1 aliphatic heterocycles. The van der Waals surface area contributed by atoms with Crippen molar-refractivity contribution in [1.29, 1.82) is 0 Å². The highest BCUT2D eigenvalue weighted by Crippen LogP contribution is 2.31. The molecule has 0 saturated carbocycles. The van der Waals surface area contributed by atoms with Crippen molar-refractivity contribution < 1.29 is 8.78 Å². The van der Waals surface area contributed by atoms with E-state index in [0.29, 0.717) is 0 Å². The molecule has 1 N–H and O–H groups in total. The van der Waals surface area contributed by atoms with Crippen molar-refractivity contribution in [2.24, 2.45) is 0 Å². The third-order valence-electron chi connectivity index (χ3n) is 4.04. The first-order valence-corrected chi connectivity index (χ1v) is 7.17. The van der Waals surface area contributed by atoms with Gasteiger partial charge in [0.05, 0.1) is 6.04 Å². The van der Waals surface area contributed by atoms with Crippen LogP contribution < -0.4 is 10.2 Å². The summed E-state index contributed by atoms with van der Waals surface area (Å²) in [4.78, 5) is 2.24. The van der Waals surface area contributed by atoms with Gasteiger partial charge in [0.25, 0.3) is 0 Å². The second-order valence-electron chi connectivity index (χ2n) is 5.35.